The monoisotopic (exact) mass is 575 g/mol. The number of amides is 1. The largest absolute Gasteiger partial charge is 0.465 e. The molecule has 0 saturated carbocycles. The zero-order chi connectivity index (χ0) is 22.6. The molecule has 2 aromatic heterocycles. The molecule has 31 heavy (non-hydrogen) atoms. The number of nitrogens with zero attached hydrogens (tertiary/aromatic N) is 1. The Labute approximate surface area is 200 Å². The molecular weight excluding hydrogens is 553 g/mol. The third kappa shape index (κ3) is 5.83. The summed E-state index contributed by atoms with van der Waals surface area (Å²) in [6, 6.07) is 7.53. The van der Waals surface area contributed by atoms with Gasteiger partial charge < -0.3 is 24.3 Å². The van der Waals surface area contributed by atoms with Crippen molar-refractivity contribution in [2.24, 2.45) is 0 Å². The zero-order valence-electron chi connectivity index (χ0n) is 17.4. The molecule has 0 bridgehead atoms. The van der Waals surface area contributed by atoms with Gasteiger partial charge in [0.25, 0.3) is 0 Å². The Hall–Kier alpha value is -1.99. The van der Waals surface area contributed by atoms with E-state index in [0.29, 0.717) is 29.5 Å². The first-order valence-electron chi connectivity index (χ1n) is 9.34. The summed E-state index contributed by atoms with van der Waals surface area (Å²) < 4.78 is 16.5. The maximum atomic E-state index is 12.4. The standard InChI is InChI=1S/C20H22IN3O5S2/c1-20(2,3)28-19(26)23-10-9-22-16-15-11-5-8-14(29-31-21)24-12(11)6-7-13(15)30-17(16)18(25)27-4/h5-8,22H,9-10H2,1-4H3,(H,23,26). The normalized spacial score (nSPS) is 11.4. The highest BCUT2D eigenvalue weighted by atomic mass is 127. The van der Waals surface area contributed by atoms with Crippen molar-refractivity contribution in [2.45, 2.75) is 26.4 Å². The van der Waals surface area contributed by atoms with Gasteiger partial charge in [0.2, 0.25) is 5.88 Å². The van der Waals surface area contributed by atoms with Gasteiger partial charge in [-0.3, -0.25) is 0 Å². The number of methoxy groups -OCH3 is 1. The van der Waals surface area contributed by atoms with Crippen LogP contribution in [-0.4, -0.2) is 42.8 Å². The molecule has 2 N–H and O–H groups in total. The second-order valence-corrected chi connectivity index (χ2v) is 9.88. The summed E-state index contributed by atoms with van der Waals surface area (Å²) in [5, 5.41) is 7.74. The third-order valence-electron chi connectivity index (χ3n) is 4.08. The molecule has 166 valence electrons. The Morgan fingerprint density at radius 2 is 1.97 bits per heavy atom. The van der Waals surface area contributed by atoms with Crippen molar-refractivity contribution in [3.63, 3.8) is 0 Å². The second kappa shape index (κ2) is 10.1. The van der Waals surface area contributed by atoms with Crippen LogP contribution in [0, 0.1) is 0 Å². The lowest BCUT2D eigenvalue weighted by molar-refractivity contribution is 0.0528. The van der Waals surface area contributed by atoms with Crippen LogP contribution in [-0.2, 0) is 9.47 Å². The Bertz CT molecular complexity index is 1110. The van der Waals surface area contributed by atoms with Gasteiger partial charge in [-0.05, 0) is 39.0 Å². The second-order valence-electron chi connectivity index (χ2n) is 7.45. The van der Waals surface area contributed by atoms with Crippen LogP contribution in [0.1, 0.15) is 30.4 Å². The van der Waals surface area contributed by atoms with Gasteiger partial charge >= 0.3 is 12.1 Å². The van der Waals surface area contributed by atoms with Crippen molar-refractivity contribution in [1.82, 2.24) is 10.3 Å². The lowest BCUT2D eigenvalue weighted by Crippen LogP contribution is -2.35. The fraction of sp³-hybridized carbons (Fsp3) is 0.350. The fourth-order valence-electron chi connectivity index (χ4n) is 2.93. The first kappa shape index (κ1) is 23.7. The first-order valence-corrected chi connectivity index (χ1v) is 13.4. The minimum atomic E-state index is -0.566. The summed E-state index contributed by atoms with van der Waals surface area (Å²) in [6.07, 6.45) is -0.493. The summed E-state index contributed by atoms with van der Waals surface area (Å²) in [4.78, 5) is 29.2. The molecule has 0 aliphatic carbocycles. The molecule has 8 nitrogen and oxygen atoms in total. The van der Waals surface area contributed by atoms with Crippen LogP contribution in [0.4, 0.5) is 10.5 Å². The Kier molecular flexibility index (Phi) is 7.70. The van der Waals surface area contributed by atoms with Gasteiger partial charge in [0, 0.05) is 55.8 Å². The van der Waals surface area contributed by atoms with Crippen LogP contribution in [0.15, 0.2) is 24.3 Å². The smallest absolute Gasteiger partial charge is 0.407 e. The number of rotatable bonds is 7. The number of aromatic nitrogens is 1. The van der Waals surface area contributed by atoms with Gasteiger partial charge in [-0.1, -0.05) is 0 Å². The summed E-state index contributed by atoms with van der Waals surface area (Å²) >= 11 is 3.38. The number of carbonyl (C=O) groups is 2. The van der Waals surface area contributed by atoms with Crippen molar-refractivity contribution < 1.29 is 23.2 Å². The van der Waals surface area contributed by atoms with Crippen molar-refractivity contribution in [3.8, 4) is 5.88 Å². The van der Waals surface area contributed by atoms with E-state index < -0.39 is 17.7 Å². The number of benzene rings is 1. The molecule has 3 aromatic rings. The van der Waals surface area contributed by atoms with Gasteiger partial charge in [0.15, 0.2) is 0 Å². The van der Waals surface area contributed by atoms with Crippen LogP contribution in [0.5, 0.6) is 5.88 Å². The predicted molar refractivity (Wildman–Crippen MR) is 133 cm³/mol. The number of esters is 1. The fourth-order valence-corrected chi connectivity index (χ4v) is 4.76. The Balaban J connectivity index is 1.90. The molecule has 1 aromatic carbocycles. The van der Waals surface area contributed by atoms with Gasteiger partial charge in [0.05, 0.1) is 18.3 Å². The average Bonchev–Trinajstić information content (AvgIpc) is 3.08. The van der Waals surface area contributed by atoms with E-state index in [1.807, 2.05) is 39.4 Å². The molecule has 0 aliphatic rings. The average molecular weight is 575 g/mol. The summed E-state index contributed by atoms with van der Waals surface area (Å²) in [5.74, 6) is 0.0805. The van der Waals surface area contributed by atoms with E-state index in [1.54, 1.807) is 26.8 Å². The Morgan fingerprint density at radius 1 is 1.19 bits per heavy atom. The number of nitrogens with one attached hydrogen (secondary N) is 2. The van der Waals surface area contributed by atoms with Gasteiger partial charge in [-0.25, -0.2) is 14.6 Å². The number of ether oxygens (including phenoxy) is 2. The number of thiophene rings is 1. The summed E-state index contributed by atoms with van der Waals surface area (Å²) in [7, 11) is 2.54. The molecule has 0 spiro atoms. The van der Waals surface area contributed by atoms with E-state index in [1.165, 1.54) is 27.7 Å². The number of hydrogen-bond donors (Lipinski definition) is 2. The lowest BCUT2D eigenvalue weighted by atomic mass is 10.1. The Morgan fingerprint density at radius 3 is 2.65 bits per heavy atom. The number of alkyl carbamates (subject to hydrolysis) is 1. The molecule has 1 amide bonds. The molecule has 0 fully saturated rings. The van der Waals surface area contributed by atoms with E-state index in [4.69, 9.17) is 13.7 Å². The molecule has 0 radical (unpaired) electrons. The van der Waals surface area contributed by atoms with Crippen molar-refractivity contribution in [1.29, 1.82) is 0 Å². The van der Waals surface area contributed by atoms with Crippen molar-refractivity contribution in [2.75, 3.05) is 25.5 Å². The summed E-state index contributed by atoms with van der Waals surface area (Å²) in [5.41, 5.74) is 0.838. The number of anilines is 1. The molecule has 2 heterocycles. The number of halogens is 1. The van der Waals surface area contributed by atoms with Crippen LogP contribution >= 0.6 is 41.8 Å². The maximum absolute atomic E-state index is 12.4. The van der Waals surface area contributed by atoms with Crippen LogP contribution < -0.4 is 14.8 Å². The van der Waals surface area contributed by atoms with Gasteiger partial charge in [0.1, 0.15) is 19.7 Å². The van der Waals surface area contributed by atoms with Crippen LogP contribution in [0.25, 0.3) is 21.0 Å². The molecular formula is C20H22IN3O5S2. The van der Waals surface area contributed by atoms with Gasteiger partial charge in [-0.2, -0.15) is 0 Å². The van der Waals surface area contributed by atoms with Gasteiger partial charge in [-0.15, -0.1) is 11.3 Å². The van der Waals surface area contributed by atoms with E-state index >= 15 is 0 Å². The SMILES string of the molecule is COC(=O)c1sc2ccc3nc(OSI)ccc3c2c1NCCNC(=O)OC(C)(C)C. The highest BCUT2D eigenvalue weighted by Crippen LogP contribution is 2.41. The third-order valence-corrected chi connectivity index (χ3v) is 5.99. The number of carbonyl (C=O) groups excluding carboxylic acids is 2. The summed E-state index contributed by atoms with van der Waals surface area (Å²) in [6.45, 7) is 6.13. The zero-order valence-corrected chi connectivity index (χ0v) is 21.2. The predicted octanol–water partition coefficient (Wildman–Crippen LogP) is 5.55. The minimum absolute atomic E-state index is 0.320. The van der Waals surface area contributed by atoms with Crippen molar-refractivity contribution >= 4 is 80.5 Å². The van der Waals surface area contributed by atoms with E-state index in [-0.39, 0.29) is 0 Å². The first-order chi connectivity index (χ1) is 14.7. The van der Waals surface area contributed by atoms with Crippen LogP contribution in [0.3, 0.4) is 0 Å². The number of hydrogen-bond acceptors (Lipinski definition) is 9. The molecule has 0 unspecified atom stereocenters. The quantitative estimate of drug-likeness (QED) is 0.164. The molecule has 0 saturated heterocycles. The lowest BCUT2D eigenvalue weighted by Gasteiger charge is -2.19. The number of fused-ring (bicyclic) bond motifs is 3. The molecule has 11 heteroatoms. The van der Waals surface area contributed by atoms with E-state index in [9.17, 15) is 9.59 Å². The minimum Gasteiger partial charge on any atom is -0.465 e. The highest BCUT2D eigenvalue weighted by molar-refractivity contribution is 14.2. The number of pyridine rings is 1. The maximum Gasteiger partial charge on any atom is 0.407 e. The van der Waals surface area contributed by atoms with E-state index in [2.05, 4.69) is 15.6 Å². The van der Waals surface area contributed by atoms with Crippen LogP contribution in [0.2, 0.25) is 0 Å². The van der Waals surface area contributed by atoms with Crippen molar-refractivity contribution in [3.05, 3.63) is 29.1 Å². The molecule has 3 rings (SSSR count). The topological polar surface area (TPSA) is 98.8 Å². The highest BCUT2D eigenvalue weighted by Gasteiger charge is 2.21. The molecule has 0 atom stereocenters. The van der Waals surface area contributed by atoms with E-state index in [0.717, 1.165) is 21.0 Å². The molecule has 0 aliphatic heterocycles.